The summed E-state index contributed by atoms with van der Waals surface area (Å²) in [5.74, 6) is -0.451. The number of carboxylic acids is 1. The van der Waals surface area contributed by atoms with E-state index in [2.05, 4.69) is 5.32 Å². The molecule has 0 aliphatic carbocycles. The predicted octanol–water partition coefficient (Wildman–Crippen LogP) is 3.10. The van der Waals surface area contributed by atoms with Crippen molar-refractivity contribution in [2.75, 3.05) is 13.7 Å². The molecule has 5 heteroatoms. The smallest absolute Gasteiger partial charge is 0.335 e. The molecule has 0 spiro atoms. The van der Waals surface area contributed by atoms with Crippen LogP contribution in [-0.4, -0.2) is 30.6 Å². The van der Waals surface area contributed by atoms with Gasteiger partial charge in [-0.2, -0.15) is 0 Å². The van der Waals surface area contributed by atoms with E-state index in [1.165, 1.54) is 0 Å². The number of hydrogen-bond acceptors (Lipinski definition) is 3. The monoisotopic (exact) mass is 327 g/mol. The first kappa shape index (κ1) is 17.5. The van der Waals surface area contributed by atoms with Gasteiger partial charge in [0.15, 0.2) is 0 Å². The van der Waals surface area contributed by atoms with Crippen LogP contribution in [0.1, 0.15) is 40.1 Å². The summed E-state index contributed by atoms with van der Waals surface area (Å²) >= 11 is 0. The molecule has 0 saturated carbocycles. The molecule has 0 unspecified atom stereocenters. The van der Waals surface area contributed by atoms with E-state index in [9.17, 15) is 9.59 Å². The van der Waals surface area contributed by atoms with Crippen LogP contribution in [-0.2, 0) is 5.41 Å². The van der Waals surface area contributed by atoms with Gasteiger partial charge in [-0.1, -0.05) is 26.0 Å². The number of hydrogen-bond donors (Lipinski definition) is 2. The van der Waals surface area contributed by atoms with Gasteiger partial charge in [0.2, 0.25) is 0 Å². The topological polar surface area (TPSA) is 75.6 Å². The number of aromatic carboxylic acids is 1. The summed E-state index contributed by atoms with van der Waals surface area (Å²) in [5.41, 5.74) is 1.25. The molecule has 2 rings (SSSR count). The molecular weight excluding hydrogens is 306 g/mol. The number of carboxylic acid groups (broad SMARTS) is 1. The zero-order valence-electron chi connectivity index (χ0n) is 14.0. The first-order chi connectivity index (χ1) is 11.3. The van der Waals surface area contributed by atoms with Crippen molar-refractivity contribution in [3.8, 4) is 5.75 Å². The minimum absolute atomic E-state index is 0.180. The molecule has 5 nitrogen and oxygen atoms in total. The summed E-state index contributed by atoms with van der Waals surface area (Å²) in [6.07, 6.45) is 0. The maximum atomic E-state index is 12.3. The highest BCUT2D eigenvalue weighted by molar-refractivity contribution is 5.94. The SMILES string of the molecule is COc1ccc(C(=O)NCC(C)(C)c2cccc(C(=O)O)c2)cc1. The Balaban J connectivity index is 2.07. The molecule has 2 N–H and O–H groups in total. The Hall–Kier alpha value is -2.82. The molecule has 0 bridgehead atoms. The van der Waals surface area contributed by atoms with Gasteiger partial charge in [0.1, 0.15) is 5.75 Å². The second-order valence-electron chi connectivity index (χ2n) is 6.18. The van der Waals surface area contributed by atoms with Gasteiger partial charge in [0.05, 0.1) is 12.7 Å². The van der Waals surface area contributed by atoms with Crippen molar-refractivity contribution in [3.05, 3.63) is 65.2 Å². The molecule has 0 atom stereocenters. The average molecular weight is 327 g/mol. The highest BCUT2D eigenvalue weighted by atomic mass is 16.5. The summed E-state index contributed by atoms with van der Waals surface area (Å²) in [6, 6.07) is 13.6. The Bertz CT molecular complexity index is 735. The third-order valence-electron chi connectivity index (χ3n) is 3.93. The van der Waals surface area contributed by atoms with Crippen LogP contribution in [0.5, 0.6) is 5.75 Å². The Morgan fingerprint density at radius 1 is 1.08 bits per heavy atom. The van der Waals surface area contributed by atoms with Gasteiger partial charge in [-0.3, -0.25) is 4.79 Å². The molecule has 0 fully saturated rings. The molecule has 1 amide bonds. The number of ether oxygens (including phenoxy) is 1. The Kier molecular flexibility index (Phi) is 5.24. The van der Waals surface area contributed by atoms with Crippen LogP contribution < -0.4 is 10.1 Å². The maximum Gasteiger partial charge on any atom is 0.335 e. The van der Waals surface area contributed by atoms with Gasteiger partial charge in [0.25, 0.3) is 5.91 Å². The normalized spacial score (nSPS) is 11.0. The van der Waals surface area contributed by atoms with Crippen LogP contribution >= 0.6 is 0 Å². The van der Waals surface area contributed by atoms with Gasteiger partial charge in [0, 0.05) is 17.5 Å². The van der Waals surface area contributed by atoms with E-state index >= 15 is 0 Å². The van der Waals surface area contributed by atoms with E-state index in [0.29, 0.717) is 17.9 Å². The van der Waals surface area contributed by atoms with Crippen LogP contribution in [0.15, 0.2) is 48.5 Å². The van der Waals surface area contributed by atoms with E-state index < -0.39 is 11.4 Å². The van der Waals surface area contributed by atoms with E-state index in [-0.39, 0.29) is 11.5 Å². The number of nitrogens with one attached hydrogen (secondary N) is 1. The second kappa shape index (κ2) is 7.17. The number of amides is 1. The van der Waals surface area contributed by atoms with Crippen LogP contribution in [0.25, 0.3) is 0 Å². The lowest BCUT2D eigenvalue weighted by Crippen LogP contribution is -2.36. The summed E-state index contributed by atoms with van der Waals surface area (Å²) in [4.78, 5) is 23.4. The minimum atomic E-state index is -0.963. The van der Waals surface area contributed by atoms with Crippen LogP contribution in [0.3, 0.4) is 0 Å². The zero-order chi connectivity index (χ0) is 17.7. The van der Waals surface area contributed by atoms with Gasteiger partial charge in [-0.15, -0.1) is 0 Å². The maximum absolute atomic E-state index is 12.3. The summed E-state index contributed by atoms with van der Waals surface area (Å²) in [6.45, 7) is 4.31. The highest BCUT2D eigenvalue weighted by Crippen LogP contribution is 2.23. The highest BCUT2D eigenvalue weighted by Gasteiger charge is 2.22. The van der Waals surface area contributed by atoms with Crippen LogP contribution in [0.4, 0.5) is 0 Å². The largest absolute Gasteiger partial charge is 0.497 e. The van der Waals surface area contributed by atoms with Crippen molar-refractivity contribution < 1.29 is 19.4 Å². The fourth-order valence-electron chi connectivity index (χ4n) is 2.32. The first-order valence-corrected chi connectivity index (χ1v) is 7.59. The van der Waals surface area contributed by atoms with Gasteiger partial charge in [-0.05, 0) is 42.0 Å². The van der Waals surface area contributed by atoms with Crippen molar-refractivity contribution in [1.29, 1.82) is 0 Å². The van der Waals surface area contributed by atoms with Gasteiger partial charge < -0.3 is 15.2 Å². The van der Waals surface area contributed by atoms with E-state index in [1.807, 2.05) is 19.9 Å². The molecule has 0 heterocycles. The molecule has 126 valence electrons. The number of carbonyl (C=O) groups excluding carboxylic acids is 1. The van der Waals surface area contributed by atoms with Crippen LogP contribution in [0, 0.1) is 0 Å². The van der Waals surface area contributed by atoms with E-state index in [0.717, 1.165) is 5.56 Å². The fourth-order valence-corrected chi connectivity index (χ4v) is 2.32. The molecule has 0 aromatic heterocycles. The second-order valence-corrected chi connectivity index (χ2v) is 6.18. The standard InChI is InChI=1S/C19H21NO4/c1-19(2,15-6-4-5-14(11-15)18(22)23)12-20-17(21)13-7-9-16(24-3)10-8-13/h4-11H,12H2,1-3H3,(H,20,21)(H,22,23). The van der Waals surface area contributed by atoms with Crippen molar-refractivity contribution in [2.24, 2.45) is 0 Å². The van der Waals surface area contributed by atoms with E-state index in [1.54, 1.807) is 49.6 Å². The van der Waals surface area contributed by atoms with Crippen molar-refractivity contribution in [2.45, 2.75) is 19.3 Å². The van der Waals surface area contributed by atoms with Gasteiger partial charge in [-0.25, -0.2) is 4.79 Å². The average Bonchev–Trinajstić information content (AvgIpc) is 2.60. The lowest BCUT2D eigenvalue weighted by molar-refractivity contribution is 0.0696. The Labute approximate surface area is 141 Å². The summed E-state index contributed by atoms with van der Waals surface area (Å²) < 4.78 is 5.07. The lowest BCUT2D eigenvalue weighted by atomic mass is 9.83. The number of benzene rings is 2. The molecule has 0 saturated heterocycles. The summed E-state index contributed by atoms with van der Waals surface area (Å²) in [5, 5.41) is 12.0. The van der Waals surface area contributed by atoms with Crippen molar-refractivity contribution in [1.82, 2.24) is 5.32 Å². The minimum Gasteiger partial charge on any atom is -0.497 e. The Morgan fingerprint density at radius 2 is 1.75 bits per heavy atom. The predicted molar refractivity (Wildman–Crippen MR) is 91.8 cm³/mol. The zero-order valence-corrected chi connectivity index (χ0v) is 14.0. The van der Waals surface area contributed by atoms with Gasteiger partial charge >= 0.3 is 5.97 Å². The molecule has 2 aromatic carbocycles. The van der Waals surface area contributed by atoms with Crippen LogP contribution in [0.2, 0.25) is 0 Å². The fraction of sp³-hybridized carbons (Fsp3) is 0.263. The van der Waals surface area contributed by atoms with Crippen molar-refractivity contribution in [3.63, 3.8) is 0 Å². The molecule has 0 aliphatic heterocycles. The third-order valence-corrected chi connectivity index (χ3v) is 3.93. The van der Waals surface area contributed by atoms with E-state index in [4.69, 9.17) is 9.84 Å². The Morgan fingerprint density at radius 3 is 2.33 bits per heavy atom. The molecule has 0 radical (unpaired) electrons. The number of rotatable bonds is 6. The number of methoxy groups -OCH3 is 1. The summed E-state index contributed by atoms with van der Waals surface area (Å²) in [7, 11) is 1.57. The quantitative estimate of drug-likeness (QED) is 0.855. The first-order valence-electron chi connectivity index (χ1n) is 7.59. The molecule has 0 aliphatic rings. The van der Waals surface area contributed by atoms with Crippen molar-refractivity contribution >= 4 is 11.9 Å². The third kappa shape index (κ3) is 4.13. The molecular formula is C19H21NO4. The molecule has 24 heavy (non-hydrogen) atoms. The lowest BCUT2D eigenvalue weighted by Gasteiger charge is -2.26. The number of carbonyl (C=O) groups is 2. The molecule has 2 aromatic rings.